The Hall–Kier alpha value is -2.75. The molecule has 1 aromatic heterocycles. The molecule has 5 rings (SSSR count). The molecule has 1 atom stereocenters. The zero-order valence-corrected chi connectivity index (χ0v) is 17.0. The maximum atomic E-state index is 13.4. The van der Waals surface area contributed by atoms with Crippen molar-refractivity contribution in [1.82, 2.24) is 9.47 Å². The summed E-state index contributed by atoms with van der Waals surface area (Å²) in [4.78, 5) is 15.5. The van der Waals surface area contributed by atoms with Crippen LogP contribution in [0.1, 0.15) is 42.2 Å². The van der Waals surface area contributed by atoms with Crippen LogP contribution in [0, 0.1) is 5.92 Å². The van der Waals surface area contributed by atoms with Crippen molar-refractivity contribution in [3.63, 3.8) is 0 Å². The fraction of sp³-hybridized carbons (Fsp3) is 0.400. The molecular formula is C25H28N2O2. The van der Waals surface area contributed by atoms with Crippen molar-refractivity contribution in [2.45, 2.75) is 45.3 Å². The Labute approximate surface area is 172 Å². The molecule has 29 heavy (non-hydrogen) atoms. The van der Waals surface area contributed by atoms with Crippen LogP contribution in [0.3, 0.4) is 0 Å². The third kappa shape index (κ3) is 3.41. The molecule has 2 aliphatic rings. The largest absolute Gasteiger partial charge is 0.486 e. The molecule has 4 heteroatoms. The van der Waals surface area contributed by atoms with Crippen LogP contribution in [0.4, 0.5) is 0 Å². The summed E-state index contributed by atoms with van der Waals surface area (Å²) < 4.78 is 8.31. The van der Waals surface area contributed by atoms with Gasteiger partial charge in [-0.1, -0.05) is 49.4 Å². The number of rotatable bonds is 4. The van der Waals surface area contributed by atoms with Crippen molar-refractivity contribution in [1.29, 1.82) is 0 Å². The van der Waals surface area contributed by atoms with Crippen LogP contribution in [-0.4, -0.2) is 34.6 Å². The standard InChI is InChI=1S/C25H28N2O2/c1-2-21-17-27-22(16-20-9-6-10-23(29-21)24(20)27)25(28)26-13-11-19(12-14-26)15-18-7-4-3-5-8-18/h3-10,16,19,21H,2,11-15,17H2,1H3. The highest BCUT2D eigenvalue weighted by atomic mass is 16.5. The molecule has 1 saturated heterocycles. The Morgan fingerprint density at radius 1 is 1.07 bits per heavy atom. The molecule has 1 amide bonds. The minimum Gasteiger partial charge on any atom is -0.486 e. The number of piperidine rings is 1. The lowest BCUT2D eigenvalue weighted by atomic mass is 9.90. The molecule has 1 unspecified atom stereocenters. The second kappa shape index (κ2) is 7.58. The van der Waals surface area contributed by atoms with Crippen LogP contribution >= 0.6 is 0 Å². The SMILES string of the molecule is CCC1Cn2c(C(=O)N3CCC(Cc4ccccc4)CC3)cc3cccc(c32)O1. The number of carbonyl (C=O) groups is 1. The van der Waals surface area contributed by atoms with E-state index in [0.29, 0.717) is 5.92 Å². The maximum Gasteiger partial charge on any atom is 0.270 e. The van der Waals surface area contributed by atoms with Crippen molar-refractivity contribution >= 4 is 16.8 Å². The molecule has 0 saturated carbocycles. The Morgan fingerprint density at radius 2 is 1.86 bits per heavy atom. The van der Waals surface area contributed by atoms with Gasteiger partial charge in [-0.25, -0.2) is 0 Å². The van der Waals surface area contributed by atoms with E-state index < -0.39 is 0 Å². The quantitative estimate of drug-likeness (QED) is 0.637. The van der Waals surface area contributed by atoms with Crippen LogP contribution in [0.15, 0.2) is 54.6 Å². The number of ether oxygens (including phenoxy) is 1. The van der Waals surface area contributed by atoms with E-state index in [1.165, 1.54) is 5.56 Å². The number of nitrogens with zero attached hydrogens (tertiary/aromatic N) is 2. The molecule has 0 bridgehead atoms. The van der Waals surface area contributed by atoms with Crippen molar-refractivity contribution in [2.24, 2.45) is 5.92 Å². The molecule has 0 spiro atoms. The third-order valence-corrected chi connectivity index (χ3v) is 6.51. The van der Waals surface area contributed by atoms with E-state index in [9.17, 15) is 4.79 Å². The molecular weight excluding hydrogens is 360 g/mol. The van der Waals surface area contributed by atoms with E-state index in [-0.39, 0.29) is 12.0 Å². The number of amides is 1. The topological polar surface area (TPSA) is 34.5 Å². The van der Waals surface area contributed by atoms with E-state index in [4.69, 9.17) is 4.74 Å². The van der Waals surface area contributed by atoms with E-state index in [1.807, 2.05) is 12.1 Å². The van der Waals surface area contributed by atoms with E-state index in [0.717, 1.165) is 67.7 Å². The van der Waals surface area contributed by atoms with Crippen molar-refractivity contribution in [3.05, 3.63) is 65.9 Å². The monoisotopic (exact) mass is 388 g/mol. The zero-order valence-electron chi connectivity index (χ0n) is 17.0. The molecule has 0 N–H and O–H groups in total. The van der Waals surface area contributed by atoms with Crippen molar-refractivity contribution in [3.8, 4) is 5.75 Å². The lowest BCUT2D eigenvalue weighted by molar-refractivity contribution is 0.0674. The summed E-state index contributed by atoms with van der Waals surface area (Å²) in [6.45, 7) is 4.58. The van der Waals surface area contributed by atoms with Crippen molar-refractivity contribution in [2.75, 3.05) is 13.1 Å². The predicted octanol–water partition coefficient (Wildman–Crippen LogP) is 4.91. The number of carbonyl (C=O) groups excluding carboxylic acids is 1. The third-order valence-electron chi connectivity index (χ3n) is 6.51. The van der Waals surface area contributed by atoms with Gasteiger partial charge in [-0.15, -0.1) is 0 Å². The highest BCUT2D eigenvalue weighted by Crippen LogP contribution is 2.35. The first-order valence-corrected chi connectivity index (χ1v) is 10.8. The van der Waals surface area contributed by atoms with Gasteiger partial charge in [0.05, 0.1) is 12.1 Å². The van der Waals surface area contributed by atoms with Gasteiger partial charge in [0.1, 0.15) is 17.5 Å². The van der Waals surface area contributed by atoms with Crippen LogP contribution in [0.2, 0.25) is 0 Å². The van der Waals surface area contributed by atoms with Crippen LogP contribution in [0.5, 0.6) is 5.75 Å². The van der Waals surface area contributed by atoms with Gasteiger partial charge in [0.2, 0.25) is 0 Å². The fourth-order valence-corrected chi connectivity index (χ4v) is 4.83. The summed E-state index contributed by atoms with van der Waals surface area (Å²) in [5.74, 6) is 1.74. The maximum absolute atomic E-state index is 13.4. The molecule has 2 aromatic carbocycles. The molecule has 1 fully saturated rings. The first-order valence-electron chi connectivity index (χ1n) is 10.8. The van der Waals surface area contributed by atoms with E-state index in [2.05, 4.69) is 58.9 Å². The average molecular weight is 389 g/mol. The first-order chi connectivity index (χ1) is 14.2. The summed E-state index contributed by atoms with van der Waals surface area (Å²) in [7, 11) is 0. The highest BCUT2D eigenvalue weighted by molar-refractivity contribution is 6.00. The lowest BCUT2D eigenvalue weighted by Gasteiger charge is -2.33. The van der Waals surface area contributed by atoms with Crippen LogP contribution in [-0.2, 0) is 13.0 Å². The molecule has 4 nitrogen and oxygen atoms in total. The second-order valence-electron chi connectivity index (χ2n) is 8.41. The van der Waals surface area contributed by atoms with Crippen LogP contribution in [0.25, 0.3) is 10.9 Å². The first kappa shape index (κ1) is 18.3. The minimum absolute atomic E-state index is 0.128. The summed E-state index contributed by atoms with van der Waals surface area (Å²) in [6, 6.07) is 18.9. The van der Waals surface area contributed by atoms with Crippen LogP contribution < -0.4 is 4.74 Å². The van der Waals surface area contributed by atoms with E-state index in [1.54, 1.807) is 0 Å². The number of hydrogen-bond donors (Lipinski definition) is 0. The molecule has 2 aliphatic heterocycles. The number of aromatic nitrogens is 1. The molecule has 3 aromatic rings. The second-order valence-corrected chi connectivity index (χ2v) is 8.41. The summed E-state index contributed by atoms with van der Waals surface area (Å²) in [5, 5.41) is 1.10. The van der Waals surface area contributed by atoms with Gasteiger partial charge in [0, 0.05) is 18.5 Å². The highest BCUT2D eigenvalue weighted by Gasteiger charge is 2.30. The molecule has 150 valence electrons. The Bertz CT molecular complexity index is 1020. The van der Waals surface area contributed by atoms with Gasteiger partial charge in [-0.05, 0) is 49.3 Å². The fourth-order valence-electron chi connectivity index (χ4n) is 4.83. The minimum atomic E-state index is 0.128. The number of likely N-dealkylation sites (tertiary alicyclic amines) is 1. The number of para-hydroxylation sites is 1. The predicted molar refractivity (Wildman–Crippen MR) is 115 cm³/mol. The Morgan fingerprint density at radius 3 is 2.62 bits per heavy atom. The summed E-state index contributed by atoms with van der Waals surface area (Å²) in [6.07, 6.45) is 4.33. The van der Waals surface area contributed by atoms with Gasteiger partial charge >= 0.3 is 0 Å². The van der Waals surface area contributed by atoms with Gasteiger partial charge < -0.3 is 14.2 Å². The smallest absolute Gasteiger partial charge is 0.270 e. The van der Waals surface area contributed by atoms with Crippen molar-refractivity contribution < 1.29 is 9.53 Å². The number of benzene rings is 2. The van der Waals surface area contributed by atoms with E-state index >= 15 is 0 Å². The van der Waals surface area contributed by atoms with Gasteiger partial charge in [-0.2, -0.15) is 0 Å². The summed E-state index contributed by atoms with van der Waals surface area (Å²) >= 11 is 0. The normalized spacial score (nSPS) is 19.3. The number of hydrogen-bond acceptors (Lipinski definition) is 2. The zero-order chi connectivity index (χ0) is 19.8. The lowest BCUT2D eigenvalue weighted by Crippen LogP contribution is -2.40. The average Bonchev–Trinajstić information content (AvgIpc) is 3.14. The van der Waals surface area contributed by atoms with Gasteiger partial charge in [-0.3, -0.25) is 4.79 Å². The van der Waals surface area contributed by atoms with Gasteiger partial charge in [0.15, 0.2) is 0 Å². The summed E-state index contributed by atoms with van der Waals surface area (Å²) in [5.41, 5.74) is 3.29. The Kier molecular flexibility index (Phi) is 4.78. The van der Waals surface area contributed by atoms with Gasteiger partial charge in [0.25, 0.3) is 5.91 Å². The molecule has 0 aliphatic carbocycles. The Balaban J connectivity index is 1.33. The molecule has 3 heterocycles. The molecule has 0 radical (unpaired) electrons.